The van der Waals surface area contributed by atoms with Crippen LogP contribution >= 0.6 is 0 Å². The van der Waals surface area contributed by atoms with Crippen molar-refractivity contribution in [2.75, 3.05) is 0 Å². The van der Waals surface area contributed by atoms with Crippen molar-refractivity contribution in [2.24, 2.45) is 5.92 Å². The van der Waals surface area contributed by atoms with E-state index in [9.17, 15) is 9.90 Å². The zero-order valence-corrected chi connectivity index (χ0v) is 10.4. The van der Waals surface area contributed by atoms with Crippen molar-refractivity contribution in [2.45, 2.75) is 33.1 Å². The van der Waals surface area contributed by atoms with Gasteiger partial charge in [-0.3, -0.25) is 4.79 Å². The van der Waals surface area contributed by atoms with Crippen LogP contribution in [0.3, 0.4) is 0 Å². The Kier molecular flexibility index (Phi) is 3.32. The van der Waals surface area contributed by atoms with Crippen molar-refractivity contribution in [3.63, 3.8) is 0 Å². The molecule has 0 bridgehead atoms. The number of allylic oxidation sites excluding steroid dienone is 2. The third-order valence-corrected chi connectivity index (χ3v) is 3.46. The smallest absolute Gasteiger partial charge is 0.140 e. The van der Waals surface area contributed by atoms with E-state index in [1.54, 1.807) is 6.08 Å². The second-order valence-electron chi connectivity index (χ2n) is 4.85. The van der Waals surface area contributed by atoms with E-state index in [-0.39, 0.29) is 11.7 Å². The van der Waals surface area contributed by atoms with Crippen molar-refractivity contribution in [1.29, 1.82) is 0 Å². The largest absolute Gasteiger partial charge is 0.513 e. The first-order chi connectivity index (χ1) is 8.06. The molecule has 2 rings (SSSR count). The lowest BCUT2D eigenvalue weighted by atomic mass is 9.87. The van der Waals surface area contributed by atoms with Gasteiger partial charge in [0.2, 0.25) is 0 Å². The Labute approximate surface area is 102 Å². The van der Waals surface area contributed by atoms with Crippen molar-refractivity contribution in [3.8, 4) is 0 Å². The number of hydrogen-bond donors (Lipinski definition) is 1. The van der Waals surface area contributed by atoms with E-state index in [0.29, 0.717) is 25.0 Å². The molecule has 1 atom stereocenters. The van der Waals surface area contributed by atoms with Crippen LogP contribution in [0.5, 0.6) is 0 Å². The van der Waals surface area contributed by atoms with Crippen LogP contribution in [0.2, 0.25) is 0 Å². The van der Waals surface area contributed by atoms with Crippen molar-refractivity contribution in [1.82, 2.24) is 0 Å². The van der Waals surface area contributed by atoms with Gasteiger partial charge in [-0.15, -0.1) is 0 Å². The first-order valence-corrected chi connectivity index (χ1v) is 6.05. The molecule has 0 saturated heterocycles. The molecule has 2 heteroatoms. The maximum Gasteiger partial charge on any atom is 0.140 e. The summed E-state index contributed by atoms with van der Waals surface area (Å²) in [6.07, 6.45) is 3.38. The molecule has 17 heavy (non-hydrogen) atoms. The lowest BCUT2D eigenvalue weighted by Gasteiger charge is -2.17. The number of aliphatic hydroxyl groups is 1. The first-order valence-electron chi connectivity index (χ1n) is 6.05. The molecule has 1 unspecified atom stereocenters. The number of ketones is 1. The van der Waals surface area contributed by atoms with E-state index in [1.807, 2.05) is 0 Å². The molecule has 1 N–H and O–H groups in total. The quantitative estimate of drug-likeness (QED) is 0.846. The van der Waals surface area contributed by atoms with Crippen LogP contribution in [0, 0.1) is 19.8 Å². The van der Waals surface area contributed by atoms with Crippen LogP contribution in [0.25, 0.3) is 0 Å². The zero-order chi connectivity index (χ0) is 12.4. The zero-order valence-electron chi connectivity index (χ0n) is 10.4. The Morgan fingerprint density at radius 2 is 2.00 bits per heavy atom. The van der Waals surface area contributed by atoms with Gasteiger partial charge >= 0.3 is 0 Å². The van der Waals surface area contributed by atoms with Gasteiger partial charge < -0.3 is 5.11 Å². The molecule has 0 amide bonds. The van der Waals surface area contributed by atoms with Crippen molar-refractivity contribution >= 4 is 5.78 Å². The van der Waals surface area contributed by atoms with Gasteiger partial charge in [-0.25, -0.2) is 0 Å². The van der Waals surface area contributed by atoms with Gasteiger partial charge in [-0.2, -0.15) is 0 Å². The van der Waals surface area contributed by atoms with Crippen LogP contribution in [-0.4, -0.2) is 10.9 Å². The second kappa shape index (κ2) is 4.74. The summed E-state index contributed by atoms with van der Waals surface area (Å²) in [6, 6.07) is 6.28. The third-order valence-electron chi connectivity index (χ3n) is 3.46. The number of benzene rings is 1. The van der Waals surface area contributed by atoms with E-state index in [0.717, 1.165) is 5.56 Å². The average Bonchev–Trinajstić information content (AvgIpc) is 2.29. The summed E-state index contributed by atoms with van der Waals surface area (Å²) >= 11 is 0. The molecule has 1 aliphatic carbocycles. The molecule has 1 aromatic rings. The Morgan fingerprint density at radius 3 is 2.71 bits per heavy atom. The second-order valence-corrected chi connectivity index (χ2v) is 4.85. The lowest BCUT2D eigenvalue weighted by Crippen LogP contribution is -2.19. The van der Waals surface area contributed by atoms with Crippen LogP contribution in [0.15, 0.2) is 30.0 Å². The van der Waals surface area contributed by atoms with Gasteiger partial charge in [0.05, 0.1) is 5.76 Å². The molecule has 0 saturated carbocycles. The summed E-state index contributed by atoms with van der Waals surface area (Å²) in [6.45, 7) is 4.16. The topological polar surface area (TPSA) is 37.3 Å². The normalized spacial score (nSPS) is 20.2. The molecule has 90 valence electrons. The van der Waals surface area contributed by atoms with Gasteiger partial charge in [0.25, 0.3) is 0 Å². The fourth-order valence-corrected chi connectivity index (χ4v) is 2.20. The third kappa shape index (κ3) is 2.76. The maximum atomic E-state index is 11.7. The minimum Gasteiger partial charge on any atom is -0.513 e. The summed E-state index contributed by atoms with van der Waals surface area (Å²) < 4.78 is 0. The fourth-order valence-electron chi connectivity index (χ4n) is 2.20. The molecule has 2 nitrogen and oxygen atoms in total. The highest BCUT2D eigenvalue weighted by molar-refractivity contribution is 5.84. The predicted molar refractivity (Wildman–Crippen MR) is 68.1 cm³/mol. The Balaban J connectivity index is 2.17. The van der Waals surface area contributed by atoms with E-state index in [1.165, 1.54) is 11.1 Å². The SMILES string of the molecule is Cc1ccc(CC2C=C(O)CCC2=O)cc1C. The van der Waals surface area contributed by atoms with E-state index < -0.39 is 0 Å². The molecular formula is C15H18O2. The first kappa shape index (κ1) is 11.9. The highest BCUT2D eigenvalue weighted by atomic mass is 16.3. The van der Waals surface area contributed by atoms with Gasteiger partial charge in [0.15, 0.2) is 0 Å². The Morgan fingerprint density at radius 1 is 1.24 bits per heavy atom. The standard InChI is InChI=1S/C15H18O2/c1-10-3-4-12(7-11(10)2)8-13-9-14(16)5-6-15(13)17/h3-4,7,9,13,16H,5-6,8H2,1-2H3. The summed E-state index contributed by atoms with van der Waals surface area (Å²) in [4.78, 5) is 11.7. The number of carbonyl (C=O) groups excluding carboxylic acids is 1. The minimum absolute atomic E-state index is 0.147. The van der Waals surface area contributed by atoms with Crippen molar-refractivity contribution < 1.29 is 9.90 Å². The maximum absolute atomic E-state index is 11.7. The molecule has 1 aliphatic rings. The summed E-state index contributed by atoms with van der Waals surface area (Å²) in [5.41, 5.74) is 3.68. The van der Waals surface area contributed by atoms with Crippen LogP contribution in [0.1, 0.15) is 29.5 Å². The number of hydrogen-bond acceptors (Lipinski definition) is 2. The van der Waals surface area contributed by atoms with Crippen LogP contribution in [-0.2, 0) is 11.2 Å². The lowest BCUT2D eigenvalue weighted by molar-refractivity contribution is -0.122. The monoisotopic (exact) mass is 230 g/mol. The van der Waals surface area contributed by atoms with Crippen molar-refractivity contribution in [3.05, 3.63) is 46.7 Å². The molecule has 0 fully saturated rings. The number of rotatable bonds is 2. The average molecular weight is 230 g/mol. The minimum atomic E-state index is -0.147. The summed E-state index contributed by atoms with van der Waals surface area (Å²) in [5.74, 6) is 0.449. The molecule has 0 heterocycles. The van der Waals surface area contributed by atoms with Crippen LogP contribution < -0.4 is 0 Å². The number of aryl methyl sites for hydroxylation is 2. The van der Waals surface area contributed by atoms with Gasteiger partial charge in [-0.05, 0) is 43.0 Å². The predicted octanol–water partition coefficient (Wildman–Crippen LogP) is 3.27. The molecule has 1 aromatic carbocycles. The van der Waals surface area contributed by atoms with E-state index in [4.69, 9.17) is 0 Å². The van der Waals surface area contributed by atoms with E-state index in [2.05, 4.69) is 32.0 Å². The van der Waals surface area contributed by atoms with Crippen LogP contribution in [0.4, 0.5) is 0 Å². The molecule has 0 aliphatic heterocycles. The van der Waals surface area contributed by atoms with Gasteiger partial charge in [-0.1, -0.05) is 18.2 Å². The number of Topliss-reactive ketones (excluding diaryl/α,β-unsaturated/α-hetero) is 1. The van der Waals surface area contributed by atoms with Gasteiger partial charge in [0, 0.05) is 18.8 Å². The molecular weight excluding hydrogens is 212 g/mol. The molecule has 0 spiro atoms. The van der Waals surface area contributed by atoms with Gasteiger partial charge in [0.1, 0.15) is 5.78 Å². The summed E-state index contributed by atoms with van der Waals surface area (Å²) in [7, 11) is 0. The summed E-state index contributed by atoms with van der Waals surface area (Å²) in [5, 5.41) is 9.48. The number of aliphatic hydroxyl groups excluding tert-OH is 1. The molecule has 0 aromatic heterocycles. The highest BCUT2D eigenvalue weighted by Gasteiger charge is 2.21. The highest BCUT2D eigenvalue weighted by Crippen LogP contribution is 2.22. The van der Waals surface area contributed by atoms with E-state index >= 15 is 0 Å². The molecule has 0 radical (unpaired) electrons. The number of carbonyl (C=O) groups is 1. The fraction of sp³-hybridized carbons (Fsp3) is 0.400. The Hall–Kier alpha value is -1.57. The Bertz CT molecular complexity index is 472.